The Kier molecular flexibility index (Phi) is 4.44. The van der Waals surface area contributed by atoms with Crippen molar-refractivity contribution in [3.63, 3.8) is 0 Å². The number of nitrogens with zero attached hydrogens (tertiary/aromatic N) is 2. The Morgan fingerprint density at radius 3 is 2.37 bits per heavy atom. The first-order chi connectivity index (χ1) is 14.4. The second-order valence-electron chi connectivity index (χ2n) is 7.90. The molecule has 5 rings (SSSR count). The first-order valence-corrected chi connectivity index (χ1v) is 10.6. The van der Waals surface area contributed by atoms with Crippen LogP contribution in [0.25, 0.3) is 5.57 Å². The minimum Gasteiger partial charge on any atom is -0.328 e. The van der Waals surface area contributed by atoms with E-state index in [1.165, 1.54) is 0 Å². The second kappa shape index (κ2) is 6.92. The maximum absolute atomic E-state index is 13.1. The van der Waals surface area contributed by atoms with Gasteiger partial charge in [0.15, 0.2) is 0 Å². The maximum atomic E-state index is 13.1. The van der Waals surface area contributed by atoms with Gasteiger partial charge in [0.25, 0.3) is 0 Å². The molecule has 2 atom stereocenters. The van der Waals surface area contributed by atoms with E-state index >= 15 is 0 Å². The summed E-state index contributed by atoms with van der Waals surface area (Å²) < 4.78 is 39.3. The van der Waals surface area contributed by atoms with E-state index in [9.17, 15) is 23.2 Å². The normalized spacial score (nSPS) is 24.8. The zero-order valence-corrected chi connectivity index (χ0v) is 16.7. The van der Waals surface area contributed by atoms with Crippen LogP contribution >= 0.6 is 11.8 Å². The number of rotatable bonds is 0. The number of amides is 1. The van der Waals surface area contributed by atoms with Gasteiger partial charge >= 0.3 is 12.1 Å². The molecule has 7 heteroatoms. The van der Waals surface area contributed by atoms with E-state index in [0.717, 1.165) is 37.0 Å². The molecule has 0 saturated carbocycles. The molecular weight excluding hydrogens is 409 g/mol. The molecule has 3 heterocycles. The Morgan fingerprint density at radius 1 is 1.03 bits per heavy atom. The topological polar surface area (TPSA) is 44.1 Å². The summed E-state index contributed by atoms with van der Waals surface area (Å²) in [5.41, 5.74) is 4.83. The van der Waals surface area contributed by atoms with Crippen LogP contribution in [-0.2, 0) is 4.79 Å². The molecular formula is C23H17F3N2OS. The highest BCUT2D eigenvalue weighted by molar-refractivity contribution is 7.99. The molecule has 2 aromatic rings. The van der Waals surface area contributed by atoms with E-state index in [1.807, 2.05) is 36.4 Å². The summed E-state index contributed by atoms with van der Waals surface area (Å²) in [5.74, 6) is -1.71. The van der Waals surface area contributed by atoms with Crippen molar-refractivity contribution >= 4 is 23.2 Å². The van der Waals surface area contributed by atoms with Crippen LogP contribution in [0.1, 0.15) is 42.4 Å². The highest BCUT2D eigenvalue weighted by atomic mass is 32.2. The van der Waals surface area contributed by atoms with Gasteiger partial charge in [0.1, 0.15) is 0 Å². The molecule has 0 spiro atoms. The highest BCUT2D eigenvalue weighted by Gasteiger charge is 2.51. The lowest BCUT2D eigenvalue weighted by Crippen LogP contribution is -2.50. The number of piperidine rings is 1. The zero-order chi connectivity index (χ0) is 21.0. The third-order valence-corrected chi connectivity index (χ3v) is 7.30. The van der Waals surface area contributed by atoms with Crippen LogP contribution in [0.4, 0.5) is 13.2 Å². The third kappa shape index (κ3) is 3.02. The summed E-state index contributed by atoms with van der Waals surface area (Å²) in [7, 11) is 0. The first kappa shape index (κ1) is 19.3. The fourth-order valence-electron chi connectivity index (χ4n) is 4.99. The molecule has 1 amide bonds. The average Bonchev–Trinajstić information content (AvgIpc) is 2.99. The van der Waals surface area contributed by atoms with Crippen molar-refractivity contribution in [1.82, 2.24) is 4.90 Å². The van der Waals surface area contributed by atoms with Crippen LogP contribution in [0.5, 0.6) is 0 Å². The number of carbonyl (C=O) groups is 1. The molecule has 0 radical (unpaired) electrons. The summed E-state index contributed by atoms with van der Waals surface area (Å²) in [6.45, 7) is 0. The van der Waals surface area contributed by atoms with Crippen molar-refractivity contribution in [3.05, 3.63) is 64.7 Å². The van der Waals surface area contributed by atoms with E-state index in [-0.39, 0.29) is 0 Å². The van der Waals surface area contributed by atoms with Crippen LogP contribution in [-0.4, -0.2) is 29.1 Å². The SMILES string of the molecule is N#Cc1ccc2c(c1)Sc1ccccc1C2=C1C[C@H]2CC[C@@H](C1)N2C(=O)C(F)(F)F. The molecule has 0 N–H and O–H groups in total. The van der Waals surface area contributed by atoms with E-state index in [0.29, 0.717) is 31.2 Å². The Balaban J connectivity index is 1.61. The molecule has 3 nitrogen and oxygen atoms in total. The van der Waals surface area contributed by atoms with Crippen molar-refractivity contribution in [1.29, 1.82) is 5.26 Å². The Morgan fingerprint density at radius 2 is 1.70 bits per heavy atom. The standard InChI is InChI=1S/C23H17F3N2OS/c24-23(25,26)22(29)28-15-6-7-16(28)11-14(10-15)21-17-3-1-2-4-19(17)30-20-9-13(12-27)5-8-18(20)21/h1-5,8-9,15-16H,6-7,10-11H2/t15-,16+. The molecule has 2 aromatic carbocycles. The van der Waals surface area contributed by atoms with Crippen molar-refractivity contribution < 1.29 is 18.0 Å². The van der Waals surface area contributed by atoms with Crippen molar-refractivity contribution in [3.8, 4) is 6.07 Å². The predicted octanol–water partition coefficient (Wildman–Crippen LogP) is 5.54. The summed E-state index contributed by atoms with van der Waals surface area (Å²) in [6, 6.07) is 14.9. The number of hydrogen-bond donors (Lipinski definition) is 0. The van der Waals surface area contributed by atoms with Gasteiger partial charge in [0.05, 0.1) is 11.6 Å². The Hall–Kier alpha value is -2.72. The molecule has 2 bridgehead atoms. The van der Waals surface area contributed by atoms with E-state index in [4.69, 9.17) is 0 Å². The average molecular weight is 426 g/mol. The van der Waals surface area contributed by atoms with Crippen molar-refractivity contribution in [2.45, 2.75) is 53.7 Å². The molecule has 0 aromatic heterocycles. The fourth-order valence-corrected chi connectivity index (χ4v) is 6.12. The van der Waals surface area contributed by atoms with Gasteiger partial charge in [-0.25, -0.2) is 0 Å². The van der Waals surface area contributed by atoms with Crippen LogP contribution in [0.2, 0.25) is 0 Å². The van der Waals surface area contributed by atoms with Gasteiger partial charge in [0.2, 0.25) is 0 Å². The number of hydrogen-bond acceptors (Lipinski definition) is 3. The van der Waals surface area contributed by atoms with Gasteiger partial charge in [0, 0.05) is 21.9 Å². The van der Waals surface area contributed by atoms with E-state index in [2.05, 4.69) is 6.07 Å². The van der Waals surface area contributed by atoms with Gasteiger partial charge in [-0.05, 0) is 60.6 Å². The van der Waals surface area contributed by atoms with E-state index in [1.54, 1.807) is 17.8 Å². The Bertz CT molecular complexity index is 1120. The number of alkyl halides is 3. The van der Waals surface area contributed by atoms with Crippen molar-refractivity contribution in [2.24, 2.45) is 0 Å². The summed E-state index contributed by atoms with van der Waals surface area (Å²) in [4.78, 5) is 15.1. The van der Waals surface area contributed by atoms with Gasteiger partial charge in [-0.2, -0.15) is 18.4 Å². The van der Waals surface area contributed by atoms with Crippen molar-refractivity contribution in [2.75, 3.05) is 0 Å². The van der Waals surface area contributed by atoms with Crippen LogP contribution in [0, 0.1) is 11.3 Å². The highest BCUT2D eigenvalue weighted by Crippen LogP contribution is 2.50. The number of nitriles is 1. The van der Waals surface area contributed by atoms with Crippen LogP contribution < -0.4 is 0 Å². The first-order valence-electron chi connectivity index (χ1n) is 9.80. The summed E-state index contributed by atoms with van der Waals surface area (Å²) in [6.07, 6.45) is -2.74. The lowest BCUT2D eigenvalue weighted by molar-refractivity contribution is -0.189. The monoisotopic (exact) mass is 426 g/mol. The molecule has 2 fully saturated rings. The molecule has 2 saturated heterocycles. The minimum atomic E-state index is -4.83. The van der Waals surface area contributed by atoms with Gasteiger partial charge < -0.3 is 4.90 Å². The van der Waals surface area contributed by atoms with Gasteiger partial charge in [-0.3, -0.25) is 4.79 Å². The molecule has 152 valence electrons. The van der Waals surface area contributed by atoms with Gasteiger partial charge in [-0.1, -0.05) is 41.6 Å². The molecule has 0 unspecified atom stereocenters. The molecule has 30 heavy (non-hydrogen) atoms. The largest absolute Gasteiger partial charge is 0.471 e. The summed E-state index contributed by atoms with van der Waals surface area (Å²) >= 11 is 1.61. The lowest BCUT2D eigenvalue weighted by Gasteiger charge is -2.38. The van der Waals surface area contributed by atoms with E-state index < -0.39 is 24.2 Å². The van der Waals surface area contributed by atoms with Crippen LogP contribution in [0.3, 0.4) is 0 Å². The Labute approximate surface area is 176 Å². The third-order valence-electron chi connectivity index (χ3n) is 6.17. The number of fused-ring (bicyclic) bond motifs is 4. The fraction of sp³-hybridized carbons (Fsp3) is 0.304. The number of benzene rings is 2. The summed E-state index contributed by atoms with van der Waals surface area (Å²) in [5, 5.41) is 9.27. The smallest absolute Gasteiger partial charge is 0.328 e. The maximum Gasteiger partial charge on any atom is 0.471 e. The van der Waals surface area contributed by atoms with Gasteiger partial charge in [-0.15, -0.1) is 0 Å². The molecule has 3 aliphatic heterocycles. The molecule has 3 aliphatic rings. The molecule has 0 aliphatic carbocycles. The number of carbonyl (C=O) groups excluding carboxylic acids is 1. The van der Waals surface area contributed by atoms with Crippen LogP contribution in [0.15, 0.2) is 57.8 Å². The predicted molar refractivity (Wildman–Crippen MR) is 107 cm³/mol. The minimum absolute atomic E-state index is 0.413. The zero-order valence-electron chi connectivity index (χ0n) is 15.9. The quantitative estimate of drug-likeness (QED) is 0.474. The second-order valence-corrected chi connectivity index (χ2v) is 8.99. The number of halogens is 3. The lowest BCUT2D eigenvalue weighted by atomic mass is 9.85.